The lowest BCUT2D eigenvalue weighted by molar-refractivity contribution is -0.118. The molecule has 202 valence electrons. The average molecular weight is 534 g/mol. The van der Waals surface area contributed by atoms with E-state index in [0.29, 0.717) is 28.9 Å². The molecule has 0 aliphatic heterocycles. The number of nitrogens with two attached hydrogens (primary N) is 1. The number of anilines is 1. The molecule has 1 fully saturated rings. The third-order valence-electron chi connectivity index (χ3n) is 6.57. The second-order valence-electron chi connectivity index (χ2n) is 9.23. The summed E-state index contributed by atoms with van der Waals surface area (Å²) in [6, 6.07) is 8.13. The zero-order valence-electron chi connectivity index (χ0n) is 23.4. The Balaban J connectivity index is 0.00000195. The molecule has 1 atom stereocenters. The summed E-state index contributed by atoms with van der Waals surface area (Å²) in [4.78, 5) is 39.7. The number of aryl methyl sites for hydroxylation is 2. The van der Waals surface area contributed by atoms with Gasteiger partial charge in [0.1, 0.15) is 12.0 Å². The van der Waals surface area contributed by atoms with Crippen molar-refractivity contribution < 1.29 is 4.79 Å². The standard InChI is InChI=1S/C28H34N6OS.CH5N/c1-7-17(3)34(23(35)15-20-9-13-22(14-10-20)36-8-2)28-25(29-6)19(5)32-27(33-28)24-18(4)30-16-31-26(24)21-11-12-21;1-2/h9-10,13-14,16-17,21H,6-8,11-12,15H2,1-5H3;2H2,1H3/t17-;/m1./s1. The molecule has 1 aliphatic carbocycles. The first-order chi connectivity index (χ1) is 18.4. The molecule has 1 aliphatic rings. The summed E-state index contributed by atoms with van der Waals surface area (Å²) >= 11 is 1.79. The largest absolute Gasteiger partial charge is 0.333 e. The van der Waals surface area contributed by atoms with Gasteiger partial charge in [-0.3, -0.25) is 14.7 Å². The molecule has 2 N–H and O–H groups in total. The Morgan fingerprint density at radius 2 is 1.82 bits per heavy atom. The number of benzene rings is 1. The highest BCUT2D eigenvalue weighted by Crippen LogP contribution is 2.44. The van der Waals surface area contributed by atoms with Gasteiger partial charge in [-0.25, -0.2) is 19.9 Å². The monoisotopic (exact) mass is 533 g/mol. The minimum Gasteiger partial charge on any atom is -0.333 e. The van der Waals surface area contributed by atoms with Crippen molar-refractivity contribution in [1.29, 1.82) is 0 Å². The van der Waals surface area contributed by atoms with Crippen molar-refractivity contribution >= 4 is 35.9 Å². The van der Waals surface area contributed by atoms with Crippen LogP contribution in [0.15, 0.2) is 40.5 Å². The van der Waals surface area contributed by atoms with Crippen LogP contribution in [-0.2, 0) is 11.2 Å². The molecule has 0 radical (unpaired) electrons. The third-order valence-corrected chi connectivity index (χ3v) is 7.46. The lowest BCUT2D eigenvalue weighted by atomic mass is 10.1. The Bertz CT molecular complexity index is 1260. The maximum Gasteiger partial charge on any atom is 0.232 e. The molecular weight excluding hydrogens is 494 g/mol. The molecule has 9 heteroatoms. The topological polar surface area (TPSA) is 110 Å². The van der Waals surface area contributed by atoms with Crippen LogP contribution in [-0.4, -0.2) is 51.4 Å². The van der Waals surface area contributed by atoms with E-state index >= 15 is 0 Å². The molecule has 0 unspecified atom stereocenters. The Labute approximate surface area is 230 Å². The van der Waals surface area contributed by atoms with Gasteiger partial charge in [0.25, 0.3) is 0 Å². The summed E-state index contributed by atoms with van der Waals surface area (Å²) in [5.74, 6) is 2.43. The summed E-state index contributed by atoms with van der Waals surface area (Å²) in [6.45, 7) is 13.9. The number of aliphatic imine (C=N–C) groups is 1. The molecule has 1 amide bonds. The van der Waals surface area contributed by atoms with Crippen molar-refractivity contribution in [3.05, 3.63) is 53.2 Å². The summed E-state index contributed by atoms with van der Waals surface area (Å²) in [6.07, 6.45) is 4.87. The summed E-state index contributed by atoms with van der Waals surface area (Å²) in [5.41, 5.74) is 9.36. The van der Waals surface area contributed by atoms with E-state index in [1.807, 2.05) is 32.9 Å². The molecular formula is C29H39N7OS. The van der Waals surface area contributed by atoms with E-state index in [1.54, 1.807) is 23.0 Å². The smallest absolute Gasteiger partial charge is 0.232 e. The van der Waals surface area contributed by atoms with E-state index in [4.69, 9.17) is 9.97 Å². The molecule has 8 nitrogen and oxygen atoms in total. The highest BCUT2D eigenvalue weighted by molar-refractivity contribution is 7.99. The van der Waals surface area contributed by atoms with Gasteiger partial charge in [-0.15, -0.1) is 11.8 Å². The maximum absolute atomic E-state index is 13.8. The fourth-order valence-corrected chi connectivity index (χ4v) is 5.00. The van der Waals surface area contributed by atoms with Crippen LogP contribution < -0.4 is 10.6 Å². The SMILES string of the molecule is C=Nc1c(C)nc(-c2c(C)ncnc2C2CC2)nc1N(C(=O)Cc1ccc(SCC)cc1)[C@H](C)CC.CN. The highest BCUT2D eigenvalue weighted by atomic mass is 32.2. The van der Waals surface area contributed by atoms with E-state index < -0.39 is 0 Å². The van der Waals surface area contributed by atoms with Crippen molar-refractivity contribution in [2.24, 2.45) is 10.7 Å². The van der Waals surface area contributed by atoms with E-state index in [9.17, 15) is 4.79 Å². The Kier molecular flexibility index (Phi) is 10.5. The van der Waals surface area contributed by atoms with Crippen molar-refractivity contribution in [2.45, 2.75) is 77.2 Å². The van der Waals surface area contributed by atoms with Crippen molar-refractivity contribution in [1.82, 2.24) is 19.9 Å². The number of rotatable bonds is 10. The van der Waals surface area contributed by atoms with Crippen LogP contribution in [0.25, 0.3) is 11.4 Å². The summed E-state index contributed by atoms with van der Waals surface area (Å²) in [5, 5.41) is 0. The van der Waals surface area contributed by atoms with Gasteiger partial charge in [0, 0.05) is 16.9 Å². The Morgan fingerprint density at radius 3 is 2.39 bits per heavy atom. The van der Waals surface area contributed by atoms with Gasteiger partial charge in [0.2, 0.25) is 5.91 Å². The van der Waals surface area contributed by atoms with Gasteiger partial charge >= 0.3 is 0 Å². The predicted molar refractivity (Wildman–Crippen MR) is 158 cm³/mol. The first kappa shape index (κ1) is 29.4. The molecule has 1 saturated carbocycles. The van der Waals surface area contributed by atoms with Crippen LogP contribution in [0.3, 0.4) is 0 Å². The van der Waals surface area contributed by atoms with Crippen molar-refractivity contribution in [3.63, 3.8) is 0 Å². The van der Waals surface area contributed by atoms with Crippen LogP contribution >= 0.6 is 11.8 Å². The molecule has 2 aromatic heterocycles. The zero-order valence-corrected chi connectivity index (χ0v) is 24.2. The Hall–Kier alpha value is -3.17. The highest BCUT2D eigenvalue weighted by Gasteiger charge is 2.32. The molecule has 38 heavy (non-hydrogen) atoms. The number of nitrogens with zero attached hydrogens (tertiary/aromatic N) is 6. The second kappa shape index (κ2) is 13.6. The number of aromatic nitrogens is 4. The molecule has 1 aromatic carbocycles. The van der Waals surface area contributed by atoms with E-state index in [2.05, 4.69) is 53.4 Å². The molecule has 0 spiro atoms. The van der Waals surface area contributed by atoms with Crippen molar-refractivity contribution in [2.75, 3.05) is 17.7 Å². The first-order valence-electron chi connectivity index (χ1n) is 13.2. The molecule has 4 rings (SSSR count). The number of carbonyl (C=O) groups is 1. The number of carbonyl (C=O) groups excluding carboxylic acids is 1. The number of hydrogen-bond donors (Lipinski definition) is 1. The second-order valence-corrected chi connectivity index (χ2v) is 10.6. The normalized spacial score (nSPS) is 13.3. The lowest BCUT2D eigenvalue weighted by Crippen LogP contribution is -2.40. The van der Waals surface area contributed by atoms with Gasteiger partial charge in [-0.2, -0.15) is 0 Å². The molecule has 0 bridgehead atoms. The van der Waals surface area contributed by atoms with Crippen LogP contribution in [0.4, 0.5) is 11.5 Å². The molecule has 0 saturated heterocycles. The number of hydrogen-bond acceptors (Lipinski definition) is 8. The van der Waals surface area contributed by atoms with E-state index in [1.165, 1.54) is 11.9 Å². The van der Waals surface area contributed by atoms with E-state index in [0.717, 1.165) is 47.5 Å². The molecule has 3 aromatic rings. The lowest BCUT2D eigenvalue weighted by Gasteiger charge is -2.29. The summed E-state index contributed by atoms with van der Waals surface area (Å²) in [7, 11) is 1.50. The quantitative estimate of drug-likeness (QED) is 0.258. The maximum atomic E-state index is 13.8. The van der Waals surface area contributed by atoms with Gasteiger partial charge in [-0.05, 0) is 77.2 Å². The van der Waals surface area contributed by atoms with E-state index in [-0.39, 0.29) is 18.4 Å². The van der Waals surface area contributed by atoms with Gasteiger partial charge < -0.3 is 5.73 Å². The minimum atomic E-state index is -0.0777. The fraction of sp³-hybridized carbons (Fsp3) is 0.448. The number of thioether (sulfide) groups is 1. The first-order valence-corrected chi connectivity index (χ1v) is 14.1. The fourth-order valence-electron chi connectivity index (χ4n) is 4.34. The number of amides is 1. The van der Waals surface area contributed by atoms with Crippen LogP contribution in [0.2, 0.25) is 0 Å². The Morgan fingerprint density at radius 1 is 1.13 bits per heavy atom. The van der Waals surface area contributed by atoms with Crippen LogP contribution in [0, 0.1) is 13.8 Å². The van der Waals surface area contributed by atoms with Gasteiger partial charge in [0.05, 0.1) is 29.1 Å². The zero-order chi connectivity index (χ0) is 27.8. The van der Waals surface area contributed by atoms with Crippen LogP contribution in [0.1, 0.15) is 68.6 Å². The predicted octanol–water partition coefficient (Wildman–Crippen LogP) is 5.82. The van der Waals surface area contributed by atoms with Gasteiger partial charge in [-0.1, -0.05) is 26.0 Å². The average Bonchev–Trinajstić information content (AvgIpc) is 3.76. The third kappa shape index (κ3) is 6.63. The van der Waals surface area contributed by atoms with Crippen LogP contribution in [0.5, 0.6) is 0 Å². The minimum absolute atomic E-state index is 0.0300. The summed E-state index contributed by atoms with van der Waals surface area (Å²) < 4.78 is 0. The van der Waals surface area contributed by atoms with Crippen molar-refractivity contribution in [3.8, 4) is 11.4 Å². The molecule has 2 heterocycles. The van der Waals surface area contributed by atoms with Gasteiger partial charge in [0.15, 0.2) is 11.6 Å².